The van der Waals surface area contributed by atoms with Crippen molar-refractivity contribution in [2.24, 2.45) is 11.3 Å². The highest BCUT2D eigenvalue weighted by atomic mass is 16.4. The average molecular weight is 297 g/mol. The van der Waals surface area contributed by atoms with Gasteiger partial charge in [0.15, 0.2) is 0 Å². The quantitative estimate of drug-likeness (QED) is 0.702. The summed E-state index contributed by atoms with van der Waals surface area (Å²) >= 11 is 0. The van der Waals surface area contributed by atoms with E-state index in [0.717, 1.165) is 0 Å². The largest absolute Gasteiger partial charge is 0.481 e. The number of urea groups is 1. The predicted octanol–water partition coefficient (Wildman–Crippen LogP) is 0.407. The van der Waals surface area contributed by atoms with Crippen molar-refractivity contribution in [1.82, 2.24) is 15.5 Å². The molecule has 2 aliphatic rings. The van der Waals surface area contributed by atoms with Gasteiger partial charge in [0.2, 0.25) is 5.91 Å². The Kier molecular flexibility index (Phi) is 4.39. The van der Waals surface area contributed by atoms with Crippen molar-refractivity contribution < 1.29 is 19.5 Å². The number of amides is 3. The summed E-state index contributed by atoms with van der Waals surface area (Å²) in [5.74, 6) is -1.20. The first-order valence-corrected chi connectivity index (χ1v) is 7.36. The van der Waals surface area contributed by atoms with Gasteiger partial charge in [0, 0.05) is 26.2 Å². The molecular formula is C14H23N3O4. The molecule has 3 amide bonds. The summed E-state index contributed by atoms with van der Waals surface area (Å²) < 4.78 is 0. The average Bonchev–Trinajstić information content (AvgIpc) is 3.05. The fraction of sp³-hybridized carbons (Fsp3) is 0.786. The van der Waals surface area contributed by atoms with Gasteiger partial charge >= 0.3 is 12.0 Å². The third-order valence-electron chi connectivity index (χ3n) is 4.65. The van der Waals surface area contributed by atoms with Crippen LogP contribution < -0.4 is 10.6 Å². The fourth-order valence-corrected chi connectivity index (χ4v) is 3.22. The molecule has 7 heteroatoms. The standard InChI is InChI=1S/C14H23N3O4/c1-14(12(20)15-2)5-6-17(8-14)13(21)16-10-4-3-9(7-10)11(18)19/h9-10H,3-8H2,1-2H3,(H,15,20)(H,16,21)(H,18,19)/t9-,10+,14?/m1/s1. The minimum absolute atomic E-state index is 0.0513. The minimum Gasteiger partial charge on any atom is -0.481 e. The zero-order valence-corrected chi connectivity index (χ0v) is 12.5. The molecule has 0 radical (unpaired) electrons. The van der Waals surface area contributed by atoms with E-state index >= 15 is 0 Å². The summed E-state index contributed by atoms with van der Waals surface area (Å²) in [6.07, 6.45) is 2.43. The van der Waals surface area contributed by atoms with Gasteiger partial charge < -0.3 is 20.6 Å². The van der Waals surface area contributed by atoms with Crippen molar-refractivity contribution in [2.45, 2.75) is 38.6 Å². The molecule has 1 unspecified atom stereocenters. The van der Waals surface area contributed by atoms with Crippen LogP contribution in [0.15, 0.2) is 0 Å². The van der Waals surface area contributed by atoms with Crippen LogP contribution in [0.3, 0.4) is 0 Å². The van der Waals surface area contributed by atoms with E-state index < -0.39 is 11.4 Å². The molecule has 3 atom stereocenters. The first-order valence-electron chi connectivity index (χ1n) is 7.36. The Labute approximate surface area is 124 Å². The van der Waals surface area contributed by atoms with Gasteiger partial charge in [-0.3, -0.25) is 9.59 Å². The maximum Gasteiger partial charge on any atom is 0.317 e. The highest BCUT2D eigenvalue weighted by Crippen LogP contribution is 2.31. The maximum atomic E-state index is 12.2. The van der Waals surface area contributed by atoms with Crippen molar-refractivity contribution in [3.8, 4) is 0 Å². The van der Waals surface area contributed by atoms with Gasteiger partial charge in [0.1, 0.15) is 0 Å². The number of hydrogen-bond acceptors (Lipinski definition) is 3. The minimum atomic E-state index is -0.792. The highest BCUT2D eigenvalue weighted by Gasteiger charge is 2.42. The zero-order valence-electron chi connectivity index (χ0n) is 12.5. The second-order valence-corrected chi connectivity index (χ2v) is 6.31. The molecule has 1 aliphatic carbocycles. The Morgan fingerprint density at radius 3 is 2.57 bits per heavy atom. The molecular weight excluding hydrogens is 274 g/mol. The number of nitrogens with one attached hydrogen (secondary N) is 2. The first-order chi connectivity index (χ1) is 9.85. The van der Waals surface area contributed by atoms with Crippen LogP contribution in [0.2, 0.25) is 0 Å². The molecule has 3 N–H and O–H groups in total. The Balaban J connectivity index is 1.86. The molecule has 21 heavy (non-hydrogen) atoms. The van der Waals surface area contributed by atoms with E-state index in [9.17, 15) is 14.4 Å². The van der Waals surface area contributed by atoms with Crippen LogP contribution in [-0.2, 0) is 9.59 Å². The lowest BCUT2D eigenvalue weighted by Crippen LogP contribution is -2.45. The normalized spacial score (nSPS) is 32.0. The number of carbonyl (C=O) groups excluding carboxylic acids is 2. The molecule has 1 heterocycles. The molecule has 0 bridgehead atoms. The van der Waals surface area contributed by atoms with E-state index in [2.05, 4.69) is 10.6 Å². The summed E-state index contributed by atoms with van der Waals surface area (Å²) in [6.45, 7) is 2.80. The van der Waals surface area contributed by atoms with Crippen molar-refractivity contribution in [1.29, 1.82) is 0 Å². The zero-order chi connectivity index (χ0) is 15.6. The number of rotatable bonds is 3. The van der Waals surface area contributed by atoms with E-state index in [1.165, 1.54) is 0 Å². The summed E-state index contributed by atoms with van der Waals surface area (Å²) in [4.78, 5) is 36.6. The molecule has 0 aromatic heterocycles. The van der Waals surface area contributed by atoms with E-state index in [1.54, 1.807) is 11.9 Å². The lowest BCUT2D eigenvalue weighted by molar-refractivity contribution is -0.141. The number of aliphatic carboxylic acids is 1. The second kappa shape index (κ2) is 5.91. The van der Waals surface area contributed by atoms with Gasteiger partial charge in [0.05, 0.1) is 11.3 Å². The first kappa shape index (κ1) is 15.6. The molecule has 1 saturated heterocycles. The number of carbonyl (C=O) groups is 3. The van der Waals surface area contributed by atoms with Gasteiger partial charge in [-0.05, 0) is 32.6 Å². The summed E-state index contributed by atoms with van der Waals surface area (Å²) in [5.41, 5.74) is -0.536. The summed E-state index contributed by atoms with van der Waals surface area (Å²) in [5, 5.41) is 14.5. The second-order valence-electron chi connectivity index (χ2n) is 6.31. The number of carboxylic acids is 1. The van der Waals surface area contributed by atoms with Crippen LogP contribution in [0.25, 0.3) is 0 Å². The van der Waals surface area contributed by atoms with Gasteiger partial charge in [0.25, 0.3) is 0 Å². The lowest BCUT2D eigenvalue weighted by Gasteiger charge is -2.24. The topological polar surface area (TPSA) is 98.7 Å². The summed E-state index contributed by atoms with van der Waals surface area (Å²) in [7, 11) is 1.60. The maximum absolute atomic E-state index is 12.2. The van der Waals surface area contributed by atoms with Gasteiger partial charge in [-0.2, -0.15) is 0 Å². The third kappa shape index (κ3) is 3.28. The number of likely N-dealkylation sites (tertiary alicyclic amines) is 1. The van der Waals surface area contributed by atoms with E-state index in [4.69, 9.17) is 5.11 Å². The SMILES string of the molecule is CNC(=O)C1(C)CCN(C(=O)N[C@H]2CC[C@@H](C(=O)O)C2)C1. The van der Waals surface area contributed by atoms with Crippen LogP contribution in [0, 0.1) is 11.3 Å². The summed E-state index contributed by atoms with van der Waals surface area (Å²) in [6, 6.07) is -0.274. The molecule has 1 saturated carbocycles. The molecule has 0 aromatic rings. The Morgan fingerprint density at radius 1 is 1.29 bits per heavy atom. The molecule has 2 rings (SSSR count). The Morgan fingerprint density at radius 2 is 2.00 bits per heavy atom. The molecule has 2 fully saturated rings. The van der Waals surface area contributed by atoms with Gasteiger partial charge in [-0.25, -0.2) is 4.79 Å². The van der Waals surface area contributed by atoms with E-state index in [-0.39, 0.29) is 23.9 Å². The highest BCUT2D eigenvalue weighted by molar-refractivity contribution is 5.84. The van der Waals surface area contributed by atoms with Crippen LogP contribution in [-0.4, -0.2) is 54.1 Å². The van der Waals surface area contributed by atoms with Crippen LogP contribution in [0.5, 0.6) is 0 Å². The molecule has 118 valence electrons. The lowest BCUT2D eigenvalue weighted by atomic mass is 9.89. The molecule has 1 aliphatic heterocycles. The smallest absolute Gasteiger partial charge is 0.317 e. The Hall–Kier alpha value is -1.79. The third-order valence-corrected chi connectivity index (χ3v) is 4.65. The Bertz CT molecular complexity index is 454. The monoisotopic (exact) mass is 297 g/mol. The van der Waals surface area contributed by atoms with Crippen LogP contribution in [0.4, 0.5) is 4.79 Å². The van der Waals surface area contributed by atoms with Crippen LogP contribution >= 0.6 is 0 Å². The van der Waals surface area contributed by atoms with E-state index in [0.29, 0.717) is 38.8 Å². The number of hydrogen-bond donors (Lipinski definition) is 3. The van der Waals surface area contributed by atoms with Crippen molar-refractivity contribution in [3.63, 3.8) is 0 Å². The fourth-order valence-electron chi connectivity index (χ4n) is 3.22. The van der Waals surface area contributed by atoms with Crippen LogP contribution in [0.1, 0.15) is 32.6 Å². The van der Waals surface area contributed by atoms with Gasteiger partial charge in [-0.15, -0.1) is 0 Å². The molecule has 0 aromatic carbocycles. The molecule has 0 spiro atoms. The predicted molar refractivity (Wildman–Crippen MR) is 75.7 cm³/mol. The van der Waals surface area contributed by atoms with Gasteiger partial charge in [-0.1, -0.05) is 0 Å². The number of carboxylic acid groups (broad SMARTS) is 1. The van der Waals surface area contributed by atoms with Crippen molar-refractivity contribution in [3.05, 3.63) is 0 Å². The van der Waals surface area contributed by atoms with Crippen molar-refractivity contribution >= 4 is 17.9 Å². The van der Waals surface area contributed by atoms with Crippen molar-refractivity contribution in [2.75, 3.05) is 20.1 Å². The van der Waals surface area contributed by atoms with E-state index in [1.807, 2.05) is 6.92 Å². The molecule has 7 nitrogen and oxygen atoms in total. The number of nitrogens with zero attached hydrogens (tertiary/aromatic N) is 1.